The first-order chi connectivity index (χ1) is 8.33. The van der Waals surface area contributed by atoms with Gasteiger partial charge in [0.2, 0.25) is 10.0 Å². The molecule has 2 amide bonds. The number of amides is 2. The lowest BCUT2D eigenvalue weighted by molar-refractivity contribution is 0.0702. The van der Waals surface area contributed by atoms with E-state index in [2.05, 4.69) is 10.0 Å². The summed E-state index contributed by atoms with van der Waals surface area (Å²) in [5.41, 5.74) is 4.80. The molecule has 10 heteroatoms. The van der Waals surface area contributed by atoms with E-state index >= 15 is 0 Å². The SMILES string of the molecule is NC(=O)NCCNS(=O)(=O)c1ccc(C(=O)O)s1. The van der Waals surface area contributed by atoms with Gasteiger partial charge in [-0.3, -0.25) is 0 Å². The second-order valence-electron chi connectivity index (χ2n) is 3.11. The van der Waals surface area contributed by atoms with E-state index < -0.39 is 22.0 Å². The number of primary amides is 1. The predicted octanol–water partition coefficient (Wildman–Crippen LogP) is -0.607. The Labute approximate surface area is 107 Å². The first-order valence-corrected chi connectivity index (χ1v) is 6.99. The Hall–Kier alpha value is -1.65. The van der Waals surface area contributed by atoms with E-state index in [1.54, 1.807) is 0 Å². The number of rotatable bonds is 6. The van der Waals surface area contributed by atoms with Crippen LogP contribution in [0.4, 0.5) is 4.79 Å². The summed E-state index contributed by atoms with van der Waals surface area (Å²) < 4.78 is 25.5. The summed E-state index contributed by atoms with van der Waals surface area (Å²) in [5, 5.41) is 10.9. The second kappa shape index (κ2) is 5.80. The molecule has 0 aliphatic rings. The van der Waals surface area contributed by atoms with Gasteiger partial charge in [-0.1, -0.05) is 0 Å². The summed E-state index contributed by atoms with van der Waals surface area (Å²) in [5.74, 6) is -1.18. The number of carbonyl (C=O) groups is 2. The highest BCUT2D eigenvalue weighted by Crippen LogP contribution is 2.21. The average molecular weight is 293 g/mol. The van der Waals surface area contributed by atoms with Crippen LogP contribution in [0.25, 0.3) is 0 Å². The molecule has 0 unspecified atom stereocenters. The van der Waals surface area contributed by atoms with Crippen LogP contribution < -0.4 is 15.8 Å². The molecule has 0 bridgehead atoms. The van der Waals surface area contributed by atoms with Gasteiger partial charge >= 0.3 is 12.0 Å². The Morgan fingerprint density at radius 3 is 2.50 bits per heavy atom. The van der Waals surface area contributed by atoms with Gasteiger partial charge in [-0.25, -0.2) is 22.7 Å². The zero-order valence-electron chi connectivity index (χ0n) is 9.04. The Morgan fingerprint density at radius 2 is 2.00 bits per heavy atom. The van der Waals surface area contributed by atoms with Crippen molar-refractivity contribution in [2.45, 2.75) is 4.21 Å². The molecule has 1 rings (SSSR count). The normalized spacial score (nSPS) is 11.1. The summed E-state index contributed by atoms with van der Waals surface area (Å²) in [6.07, 6.45) is 0. The summed E-state index contributed by atoms with van der Waals surface area (Å²) in [7, 11) is -3.76. The Bertz CT molecular complexity index is 551. The molecule has 8 nitrogen and oxygen atoms in total. The van der Waals surface area contributed by atoms with Crippen molar-refractivity contribution in [2.24, 2.45) is 5.73 Å². The monoisotopic (exact) mass is 293 g/mol. The van der Waals surface area contributed by atoms with Gasteiger partial charge in [0, 0.05) is 13.1 Å². The molecule has 0 aromatic carbocycles. The number of nitrogens with two attached hydrogens (primary N) is 1. The summed E-state index contributed by atoms with van der Waals surface area (Å²) in [4.78, 5) is 20.9. The molecule has 0 atom stereocenters. The van der Waals surface area contributed by atoms with Gasteiger partial charge in [-0.2, -0.15) is 0 Å². The van der Waals surface area contributed by atoms with Gasteiger partial charge in [0.15, 0.2) is 0 Å². The van der Waals surface area contributed by atoms with Crippen LogP contribution in [0.15, 0.2) is 16.3 Å². The van der Waals surface area contributed by atoms with Crippen molar-refractivity contribution in [3.63, 3.8) is 0 Å². The minimum atomic E-state index is -3.76. The number of nitrogens with one attached hydrogen (secondary N) is 2. The maximum atomic E-state index is 11.7. The molecular formula is C8H11N3O5S2. The van der Waals surface area contributed by atoms with Crippen LogP contribution >= 0.6 is 11.3 Å². The van der Waals surface area contributed by atoms with Crippen LogP contribution in [0.2, 0.25) is 0 Å². The van der Waals surface area contributed by atoms with Crippen LogP contribution in [0.1, 0.15) is 9.67 Å². The number of carboxylic acids is 1. The molecular weight excluding hydrogens is 282 g/mol. The maximum Gasteiger partial charge on any atom is 0.345 e. The fourth-order valence-corrected chi connectivity index (χ4v) is 3.24. The van der Waals surface area contributed by atoms with E-state index in [9.17, 15) is 18.0 Å². The predicted molar refractivity (Wildman–Crippen MR) is 64.1 cm³/mol. The van der Waals surface area contributed by atoms with Crippen molar-refractivity contribution in [3.8, 4) is 0 Å². The number of hydrogen-bond acceptors (Lipinski definition) is 5. The van der Waals surface area contributed by atoms with E-state index in [0.717, 1.165) is 0 Å². The van der Waals surface area contributed by atoms with Crippen LogP contribution in [-0.2, 0) is 10.0 Å². The van der Waals surface area contributed by atoms with E-state index in [0.29, 0.717) is 11.3 Å². The average Bonchev–Trinajstić information content (AvgIpc) is 2.74. The number of carboxylic acid groups (broad SMARTS) is 1. The van der Waals surface area contributed by atoms with Gasteiger partial charge in [-0.15, -0.1) is 11.3 Å². The number of urea groups is 1. The van der Waals surface area contributed by atoms with Crippen molar-refractivity contribution in [1.82, 2.24) is 10.0 Å². The van der Waals surface area contributed by atoms with Crippen molar-refractivity contribution in [2.75, 3.05) is 13.1 Å². The van der Waals surface area contributed by atoms with Gasteiger partial charge < -0.3 is 16.2 Å². The molecule has 100 valence electrons. The Morgan fingerprint density at radius 1 is 1.33 bits per heavy atom. The van der Waals surface area contributed by atoms with E-state index in [1.165, 1.54) is 12.1 Å². The topological polar surface area (TPSA) is 139 Å². The standard InChI is InChI=1S/C8H11N3O5S2/c9-8(14)10-3-4-11-18(15,16)6-2-1-5(17-6)7(12)13/h1-2,11H,3-4H2,(H,12,13)(H3,9,10,14). The minimum absolute atomic E-state index is 0.0361. The lowest BCUT2D eigenvalue weighted by Gasteiger charge is -2.04. The van der Waals surface area contributed by atoms with Crippen molar-refractivity contribution >= 4 is 33.4 Å². The number of thiophene rings is 1. The van der Waals surface area contributed by atoms with Gasteiger partial charge in [0.1, 0.15) is 9.09 Å². The third kappa shape index (κ3) is 3.98. The zero-order valence-corrected chi connectivity index (χ0v) is 10.7. The molecule has 0 aliphatic carbocycles. The highest BCUT2D eigenvalue weighted by atomic mass is 32.2. The fourth-order valence-electron chi connectivity index (χ4n) is 1.02. The molecule has 18 heavy (non-hydrogen) atoms. The molecule has 0 spiro atoms. The van der Waals surface area contributed by atoms with Crippen LogP contribution in [0.3, 0.4) is 0 Å². The third-order valence-corrected chi connectivity index (χ3v) is 4.80. The maximum absolute atomic E-state index is 11.7. The molecule has 1 aromatic heterocycles. The molecule has 1 aromatic rings. The Balaban J connectivity index is 2.62. The van der Waals surface area contributed by atoms with Crippen LogP contribution in [0, 0.1) is 0 Å². The lowest BCUT2D eigenvalue weighted by Crippen LogP contribution is -2.37. The van der Waals surface area contributed by atoms with Crippen molar-refractivity contribution in [1.29, 1.82) is 0 Å². The number of sulfonamides is 1. The number of carbonyl (C=O) groups excluding carboxylic acids is 1. The molecule has 0 fully saturated rings. The highest BCUT2D eigenvalue weighted by molar-refractivity contribution is 7.91. The molecule has 5 N–H and O–H groups in total. The molecule has 0 saturated carbocycles. The van der Waals surface area contributed by atoms with Crippen LogP contribution in [0.5, 0.6) is 0 Å². The Kier molecular flexibility index (Phi) is 4.64. The second-order valence-corrected chi connectivity index (χ2v) is 6.19. The van der Waals surface area contributed by atoms with E-state index in [-0.39, 0.29) is 22.2 Å². The summed E-state index contributed by atoms with van der Waals surface area (Å²) >= 11 is 0.650. The summed E-state index contributed by atoms with van der Waals surface area (Å²) in [6, 6.07) is 1.67. The van der Waals surface area contributed by atoms with E-state index in [4.69, 9.17) is 10.8 Å². The molecule has 0 saturated heterocycles. The zero-order chi connectivity index (χ0) is 13.8. The summed E-state index contributed by atoms with van der Waals surface area (Å²) in [6.45, 7) is 0.0112. The van der Waals surface area contributed by atoms with Gasteiger partial charge in [0.25, 0.3) is 0 Å². The molecule has 0 aliphatic heterocycles. The third-order valence-electron chi connectivity index (χ3n) is 1.77. The quantitative estimate of drug-likeness (QED) is 0.518. The van der Waals surface area contributed by atoms with Crippen molar-refractivity contribution in [3.05, 3.63) is 17.0 Å². The number of aromatic carboxylic acids is 1. The molecule has 0 radical (unpaired) electrons. The van der Waals surface area contributed by atoms with Gasteiger partial charge in [-0.05, 0) is 12.1 Å². The number of hydrogen-bond donors (Lipinski definition) is 4. The lowest BCUT2D eigenvalue weighted by atomic mass is 10.5. The van der Waals surface area contributed by atoms with Crippen LogP contribution in [-0.4, -0.2) is 38.6 Å². The fraction of sp³-hybridized carbons (Fsp3) is 0.250. The highest BCUT2D eigenvalue weighted by Gasteiger charge is 2.18. The first-order valence-electron chi connectivity index (χ1n) is 4.69. The van der Waals surface area contributed by atoms with E-state index in [1.807, 2.05) is 0 Å². The first kappa shape index (κ1) is 14.4. The van der Waals surface area contributed by atoms with Crippen molar-refractivity contribution < 1.29 is 23.1 Å². The largest absolute Gasteiger partial charge is 0.477 e. The smallest absolute Gasteiger partial charge is 0.345 e. The molecule has 1 heterocycles. The minimum Gasteiger partial charge on any atom is -0.477 e. The van der Waals surface area contributed by atoms with Gasteiger partial charge in [0.05, 0.1) is 0 Å².